The van der Waals surface area contributed by atoms with E-state index in [1.165, 1.54) is 25.7 Å². The molecule has 3 heteroatoms. The molecule has 0 saturated heterocycles. The topological polar surface area (TPSA) is 16.1 Å². The Morgan fingerprint density at radius 3 is 2.62 bits per heavy atom. The zero-order valence-electron chi connectivity index (χ0n) is 10.0. The van der Waals surface area contributed by atoms with Crippen LogP contribution in [-0.2, 0) is 0 Å². The molecule has 0 atom stereocenters. The van der Waals surface area contributed by atoms with Crippen molar-refractivity contribution in [3.8, 4) is 0 Å². The predicted molar refractivity (Wildman–Crippen MR) is 72.0 cm³/mol. The van der Waals surface area contributed by atoms with Gasteiger partial charge in [0.1, 0.15) is 5.82 Å². The van der Waals surface area contributed by atoms with Crippen molar-refractivity contribution in [3.63, 3.8) is 0 Å². The number of pyridine rings is 1. The first-order valence-electron chi connectivity index (χ1n) is 6.12. The summed E-state index contributed by atoms with van der Waals surface area (Å²) in [5, 5.41) is 0. The summed E-state index contributed by atoms with van der Waals surface area (Å²) in [5.41, 5.74) is 1.08. The van der Waals surface area contributed by atoms with Crippen LogP contribution in [0.2, 0.25) is 0 Å². The van der Waals surface area contributed by atoms with Crippen molar-refractivity contribution in [2.45, 2.75) is 45.6 Å². The molecule has 0 unspecified atom stereocenters. The van der Waals surface area contributed by atoms with Crippen molar-refractivity contribution in [1.82, 2.24) is 4.98 Å². The van der Waals surface area contributed by atoms with Gasteiger partial charge in [-0.3, -0.25) is 0 Å². The van der Waals surface area contributed by atoms with E-state index in [0.29, 0.717) is 6.04 Å². The summed E-state index contributed by atoms with van der Waals surface area (Å²) in [6, 6.07) is 4.94. The third-order valence-electron chi connectivity index (χ3n) is 3.41. The lowest BCUT2D eigenvalue weighted by atomic mass is 10.2. The van der Waals surface area contributed by atoms with E-state index in [1.54, 1.807) is 0 Å². The van der Waals surface area contributed by atoms with Gasteiger partial charge >= 0.3 is 0 Å². The zero-order valence-corrected chi connectivity index (χ0v) is 11.6. The normalized spacial score (nSPS) is 16.7. The van der Waals surface area contributed by atoms with Crippen LogP contribution in [0, 0.1) is 6.92 Å². The highest BCUT2D eigenvalue weighted by Gasteiger charge is 2.22. The minimum Gasteiger partial charge on any atom is -0.354 e. The molecule has 0 radical (unpaired) electrons. The number of anilines is 1. The fourth-order valence-electron chi connectivity index (χ4n) is 2.51. The molecule has 2 nitrogen and oxygen atoms in total. The maximum atomic E-state index is 4.67. The first-order chi connectivity index (χ1) is 7.72. The summed E-state index contributed by atoms with van der Waals surface area (Å²) >= 11 is 3.50. The lowest BCUT2D eigenvalue weighted by Gasteiger charge is -2.29. The van der Waals surface area contributed by atoms with E-state index in [1.807, 2.05) is 0 Å². The average Bonchev–Trinajstić information content (AvgIpc) is 2.78. The Labute approximate surface area is 106 Å². The molecule has 1 saturated carbocycles. The Morgan fingerprint density at radius 2 is 2.06 bits per heavy atom. The van der Waals surface area contributed by atoms with Crippen molar-refractivity contribution < 1.29 is 0 Å². The molecule has 1 aromatic rings. The summed E-state index contributed by atoms with van der Waals surface area (Å²) in [6.45, 7) is 5.33. The van der Waals surface area contributed by atoms with Crippen LogP contribution in [0.1, 0.15) is 38.3 Å². The molecule has 0 amide bonds. The van der Waals surface area contributed by atoms with Crippen LogP contribution in [0.5, 0.6) is 0 Å². The number of nitrogens with zero attached hydrogens (tertiary/aromatic N) is 2. The van der Waals surface area contributed by atoms with Gasteiger partial charge in [-0.25, -0.2) is 4.98 Å². The van der Waals surface area contributed by atoms with Gasteiger partial charge in [-0.2, -0.15) is 0 Å². The summed E-state index contributed by atoms with van der Waals surface area (Å²) < 4.78 is 1.10. The van der Waals surface area contributed by atoms with E-state index in [9.17, 15) is 0 Å². The SMILES string of the molecule is CCN(c1ccc(Br)c(C)n1)C1CCCC1. The van der Waals surface area contributed by atoms with Crippen LogP contribution in [0.15, 0.2) is 16.6 Å². The molecule has 1 aliphatic carbocycles. The maximum Gasteiger partial charge on any atom is 0.129 e. The molecule has 1 aliphatic rings. The Kier molecular flexibility index (Phi) is 3.85. The molecule has 1 aromatic heterocycles. The minimum absolute atomic E-state index is 0.707. The molecule has 1 fully saturated rings. The van der Waals surface area contributed by atoms with E-state index >= 15 is 0 Å². The third kappa shape index (κ3) is 2.40. The smallest absolute Gasteiger partial charge is 0.129 e. The highest BCUT2D eigenvalue weighted by Crippen LogP contribution is 2.28. The van der Waals surface area contributed by atoms with Crippen molar-refractivity contribution >= 4 is 21.7 Å². The first-order valence-corrected chi connectivity index (χ1v) is 6.91. The number of halogens is 1. The molecular formula is C13H19BrN2. The molecular weight excluding hydrogens is 264 g/mol. The number of aryl methyl sites for hydroxylation is 1. The quantitative estimate of drug-likeness (QED) is 0.835. The summed E-state index contributed by atoms with van der Waals surface area (Å²) in [5.74, 6) is 1.13. The minimum atomic E-state index is 0.707. The van der Waals surface area contributed by atoms with Crippen molar-refractivity contribution in [2.24, 2.45) is 0 Å². The van der Waals surface area contributed by atoms with Crippen LogP contribution in [0.3, 0.4) is 0 Å². The monoisotopic (exact) mass is 282 g/mol. The van der Waals surface area contributed by atoms with E-state index in [-0.39, 0.29) is 0 Å². The van der Waals surface area contributed by atoms with Crippen molar-refractivity contribution in [1.29, 1.82) is 0 Å². The van der Waals surface area contributed by atoms with Crippen LogP contribution >= 0.6 is 15.9 Å². The third-order valence-corrected chi connectivity index (χ3v) is 4.25. The van der Waals surface area contributed by atoms with Crippen molar-refractivity contribution in [2.75, 3.05) is 11.4 Å². The van der Waals surface area contributed by atoms with E-state index in [2.05, 4.69) is 51.8 Å². The van der Waals surface area contributed by atoms with Gasteiger partial charge in [0.05, 0.1) is 5.69 Å². The predicted octanol–water partition coefficient (Wildman–Crippen LogP) is 3.92. The fraction of sp³-hybridized carbons (Fsp3) is 0.615. The molecule has 0 aliphatic heterocycles. The second-order valence-electron chi connectivity index (χ2n) is 4.46. The van der Waals surface area contributed by atoms with Gasteiger partial charge in [0.15, 0.2) is 0 Å². The summed E-state index contributed by atoms with van der Waals surface area (Å²) in [4.78, 5) is 7.12. The van der Waals surface area contributed by atoms with E-state index < -0.39 is 0 Å². The molecule has 1 heterocycles. The average molecular weight is 283 g/mol. The molecule has 0 spiro atoms. The van der Waals surface area contributed by atoms with Gasteiger partial charge in [-0.1, -0.05) is 12.8 Å². The van der Waals surface area contributed by atoms with Gasteiger partial charge in [0.25, 0.3) is 0 Å². The first kappa shape index (κ1) is 11.9. The second kappa shape index (κ2) is 5.17. The molecule has 0 aromatic carbocycles. The number of aromatic nitrogens is 1. The Bertz CT molecular complexity index is 359. The number of hydrogen-bond acceptors (Lipinski definition) is 2. The highest BCUT2D eigenvalue weighted by molar-refractivity contribution is 9.10. The molecule has 0 N–H and O–H groups in total. The van der Waals surface area contributed by atoms with Gasteiger partial charge in [-0.05, 0) is 54.8 Å². The summed E-state index contributed by atoms with van der Waals surface area (Å²) in [6.07, 6.45) is 5.39. The largest absolute Gasteiger partial charge is 0.354 e. The number of hydrogen-bond donors (Lipinski definition) is 0. The van der Waals surface area contributed by atoms with Crippen LogP contribution < -0.4 is 4.90 Å². The summed E-state index contributed by atoms with van der Waals surface area (Å²) in [7, 11) is 0. The van der Waals surface area contributed by atoms with Crippen LogP contribution in [0.4, 0.5) is 5.82 Å². The molecule has 88 valence electrons. The van der Waals surface area contributed by atoms with Crippen LogP contribution in [-0.4, -0.2) is 17.6 Å². The zero-order chi connectivity index (χ0) is 11.5. The maximum absolute atomic E-state index is 4.67. The van der Waals surface area contributed by atoms with Crippen LogP contribution in [0.25, 0.3) is 0 Å². The Hall–Kier alpha value is -0.570. The molecule has 2 rings (SSSR count). The second-order valence-corrected chi connectivity index (χ2v) is 5.32. The standard InChI is InChI=1S/C13H19BrN2/c1-3-16(11-6-4-5-7-11)13-9-8-12(14)10(2)15-13/h8-9,11H,3-7H2,1-2H3. The molecule has 0 bridgehead atoms. The van der Waals surface area contributed by atoms with Gasteiger partial charge in [0, 0.05) is 17.1 Å². The Balaban J connectivity index is 2.22. The van der Waals surface area contributed by atoms with Gasteiger partial charge in [-0.15, -0.1) is 0 Å². The van der Waals surface area contributed by atoms with Crippen molar-refractivity contribution in [3.05, 3.63) is 22.3 Å². The van der Waals surface area contributed by atoms with E-state index in [4.69, 9.17) is 0 Å². The highest BCUT2D eigenvalue weighted by atomic mass is 79.9. The molecule has 16 heavy (non-hydrogen) atoms. The van der Waals surface area contributed by atoms with E-state index in [0.717, 1.165) is 22.5 Å². The lowest BCUT2D eigenvalue weighted by Crippen LogP contribution is -2.33. The van der Waals surface area contributed by atoms with Gasteiger partial charge in [0.2, 0.25) is 0 Å². The number of rotatable bonds is 3. The lowest BCUT2D eigenvalue weighted by molar-refractivity contribution is 0.612. The van der Waals surface area contributed by atoms with Gasteiger partial charge < -0.3 is 4.90 Å². The Morgan fingerprint density at radius 1 is 1.38 bits per heavy atom. The fourth-order valence-corrected chi connectivity index (χ4v) is 2.73.